The molecule has 0 aliphatic heterocycles. The van der Waals surface area contributed by atoms with Gasteiger partial charge in [0, 0.05) is 16.2 Å². The molecule has 1 heteroatoms. The van der Waals surface area contributed by atoms with Crippen LogP contribution in [0.1, 0.15) is 47.2 Å². The molecule has 220 valence electrons. The Morgan fingerprint density at radius 2 is 1.37 bits per heavy atom. The monoisotopic (exact) mass is 590 g/mol. The van der Waals surface area contributed by atoms with Crippen LogP contribution in [-0.4, -0.2) is 0 Å². The molecule has 1 nitrogen and oxygen atoms in total. The number of para-hydroxylation sites is 1. The lowest BCUT2D eigenvalue weighted by molar-refractivity contribution is 0.660. The fraction of sp³-hybridized carbons (Fsp3) is 0.111. The third-order valence-corrected chi connectivity index (χ3v) is 10.2. The fourth-order valence-electron chi connectivity index (χ4n) is 7.91. The summed E-state index contributed by atoms with van der Waals surface area (Å²) in [5, 5.41) is 7.56. The highest BCUT2D eigenvalue weighted by molar-refractivity contribution is 6.12. The standard InChI is InChI=1S/C45H34O/c1-28-23-40-43(36-14-7-6-13-34(28)36)37-22-20-30(27-39(37)45(40,2)3)26-33(25-29-19-21-31-11-4-5-12-32(31)24-29)35-16-10-18-42-44(35)38-15-8-9-17-41(38)46-42/h4-24,26-27H,25H2,1-3H3/b33-26-. The van der Waals surface area contributed by atoms with Crippen molar-refractivity contribution in [3.63, 3.8) is 0 Å². The van der Waals surface area contributed by atoms with E-state index in [4.69, 9.17) is 4.42 Å². The minimum atomic E-state index is -0.0947. The minimum absolute atomic E-state index is 0.0947. The fourth-order valence-corrected chi connectivity index (χ4v) is 7.91. The van der Waals surface area contributed by atoms with E-state index < -0.39 is 0 Å². The molecule has 0 saturated carbocycles. The zero-order valence-electron chi connectivity index (χ0n) is 26.4. The van der Waals surface area contributed by atoms with Crippen LogP contribution in [0.5, 0.6) is 0 Å². The average molecular weight is 591 g/mol. The zero-order valence-corrected chi connectivity index (χ0v) is 26.4. The van der Waals surface area contributed by atoms with Crippen LogP contribution in [0.3, 0.4) is 0 Å². The molecule has 0 saturated heterocycles. The molecule has 1 aliphatic carbocycles. The van der Waals surface area contributed by atoms with Crippen LogP contribution in [0.4, 0.5) is 0 Å². The summed E-state index contributed by atoms with van der Waals surface area (Å²) in [6.07, 6.45) is 3.22. The van der Waals surface area contributed by atoms with Crippen LogP contribution in [0.25, 0.3) is 66.3 Å². The summed E-state index contributed by atoms with van der Waals surface area (Å²) in [7, 11) is 0. The van der Waals surface area contributed by atoms with Gasteiger partial charge in [-0.25, -0.2) is 0 Å². The van der Waals surface area contributed by atoms with Crippen molar-refractivity contribution >= 4 is 55.1 Å². The molecule has 1 aliphatic rings. The van der Waals surface area contributed by atoms with Crippen LogP contribution in [0.15, 0.2) is 138 Å². The highest BCUT2D eigenvalue weighted by atomic mass is 16.3. The van der Waals surface area contributed by atoms with Crippen molar-refractivity contribution in [2.45, 2.75) is 32.6 Å². The molecule has 46 heavy (non-hydrogen) atoms. The molecule has 0 atom stereocenters. The van der Waals surface area contributed by atoms with Gasteiger partial charge in [-0.2, -0.15) is 0 Å². The predicted molar refractivity (Wildman–Crippen MR) is 195 cm³/mol. The molecule has 0 bridgehead atoms. The summed E-state index contributed by atoms with van der Waals surface area (Å²) in [6.45, 7) is 7.01. The second-order valence-electron chi connectivity index (χ2n) is 13.4. The van der Waals surface area contributed by atoms with Gasteiger partial charge in [0.2, 0.25) is 0 Å². The Bertz CT molecular complexity index is 2540. The van der Waals surface area contributed by atoms with Crippen molar-refractivity contribution in [2.75, 3.05) is 0 Å². The summed E-state index contributed by atoms with van der Waals surface area (Å²) in [4.78, 5) is 0. The SMILES string of the molecule is Cc1cc2c(c3ccccc13)-c1ccc(/C=C(/Cc3ccc4ccccc4c3)c3cccc4oc5ccccc5c34)cc1C2(C)C. The normalized spacial score (nSPS) is 13.9. The van der Waals surface area contributed by atoms with E-state index in [-0.39, 0.29) is 5.41 Å². The maximum Gasteiger partial charge on any atom is 0.136 e. The van der Waals surface area contributed by atoms with Crippen LogP contribution >= 0.6 is 0 Å². The third kappa shape index (κ3) is 4.08. The smallest absolute Gasteiger partial charge is 0.136 e. The van der Waals surface area contributed by atoms with E-state index in [9.17, 15) is 0 Å². The maximum atomic E-state index is 6.34. The Hall–Kier alpha value is -5.40. The Morgan fingerprint density at radius 3 is 2.24 bits per heavy atom. The number of hydrogen-bond acceptors (Lipinski definition) is 1. The highest BCUT2D eigenvalue weighted by Gasteiger charge is 2.37. The quantitative estimate of drug-likeness (QED) is 0.186. The first kappa shape index (κ1) is 27.0. The summed E-state index contributed by atoms with van der Waals surface area (Å²) in [5.41, 5.74) is 13.7. The molecule has 7 aromatic carbocycles. The van der Waals surface area contributed by atoms with Crippen molar-refractivity contribution in [3.05, 3.63) is 167 Å². The number of fused-ring (bicyclic) bond motifs is 9. The van der Waals surface area contributed by atoms with Crippen molar-refractivity contribution in [1.29, 1.82) is 0 Å². The average Bonchev–Trinajstić information content (AvgIpc) is 3.57. The first-order valence-electron chi connectivity index (χ1n) is 16.2. The van der Waals surface area contributed by atoms with E-state index >= 15 is 0 Å². The first-order valence-corrected chi connectivity index (χ1v) is 16.2. The van der Waals surface area contributed by atoms with Gasteiger partial charge in [0.15, 0.2) is 0 Å². The summed E-state index contributed by atoms with van der Waals surface area (Å²) >= 11 is 0. The number of allylic oxidation sites excluding steroid dienone is 1. The number of furan rings is 1. The molecule has 9 rings (SSSR count). The lowest BCUT2D eigenvalue weighted by atomic mass is 9.80. The maximum absolute atomic E-state index is 6.34. The lowest BCUT2D eigenvalue weighted by Crippen LogP contribution is -2.15. The van der Waals surface area contributed by atoms with Gasteiger partial charge in [0.1, 0.15) is 11.2 Å². The third-order valence-electron chi connectivity index (χ3n) is 10.2. The van der Waals surface area contributed by atoms with Crippen molar-refractivity contribution < 1.29 is 4.42 Å². The van der Waals surface area contributed by atoms with Gasteiger partial charge in [-0.05, 0) is 97.1 Å². The van der Waals surface area contributed by atoms with Gasteiger partial charge in [0.05, 0.1) is 0 Å². The van der Waals surface area contributed by atoms with E-state index in [1.807, 2.05) is 6.07 Å². The van der Waals surface area contributed by atoms with E-state index in [1.54, 1.807) is 0 Å². The molecule has 8 aromatic rings. The number of rotatable bonds is 4. The molecular weight excluding hydrogens is 556 g/mol. The second-order valence-corrected chi connectivity index (χ2v) is 13.4. The summed E-state index contributed by atoms with van der Waals surface area (Å²) < 4.78 is 6.34. The van der Waals surface area contributed by atoms with Crippen molar-refractivity contribution in [2.24, 2.45) is 0 Å². The van der Waals surface area contributed by atoms with Crippen LogP contribution in [0, 0.1) is 6.92 Å². The Kier molecular flexibility index (Phi) is 5.89. The van der Waals surface area contributed by atoms with E-state index in [2.05, 4.69) is 154 Å². The predicted octanol–water partition coefficient (Wildman–Crippen LogP) is 12.3. The molecule has 1 aromatic heterocycles. The molecule has 0 unspecified atom stereocenters. The van der Waals surface area contributed by atoms with E-state index in [0.29, 0.717) is 0 Å². The Morgan fingerprint density at radius 1 is 0.630 bits per heavy atom. The van der Waals surface area contributed by atoms with Crippen molar-refractivity contribution in [1.82, 2.24) is 0 Å². The van der Waals surface area contributed by atoms with Gasteiger partial charge in [-0.1, -0.05) is 141 Å². The van der Waals surface area contributed by atoms with E-state index in [1.165, 1.54) is 77.0 Å². The Balaban J connectivity index is 1.25. The van der Waals surface area contributed by atoms with Gasteiger partial charge in [-0.15, -0.1) is 0 Å². The van der Waals surface area contributed by atoms with Gasteiger partial charge in [-0.3, -0.25) is 0 Å². The molecule has 0 amide bonds. The van der Waals surface area contributed by atoms with E-state index in [0.717, 1.165) is 23.0 Å². The van der Waals surface area contributed by atoms with Gasteiger partial charge >= 0.3 is 0 Å². The van der Waals surface area contributed by atoms with Gasteiger partial charge < -0.3 is 4.42 Å². The molecular formula is C45H34O. The molecule has 1 heterocycles. The summed E-state index contributed by atoms with van der Waals surface area (Å²) in [5.74, 6) is 0. The molecule has 0 fully saturated rings. The first-order chi connectivity index (χ1) is 22.5. The second kappa shape index (κ2) is 10.1. The lowest BCUT2D eigenvalue weighted by Gasteiger charge is -2.23. The van der Waals surface area contributed by atoms with Crippen LogP contribution < -0.4 is 0 Å². The molecule has 0 N–H and O–H groups in total. The minimum Gasteiger partial charge on any atom is -0.456 e. The summed E-state index contributed by atoms with van der Waals surface area (Å²) in [6, 6.07) is 48.8. The number of hydrogen-bond donors (Lipinski definition) is 0. The Labute approximate surface area is 269 Å². The number of aryl methyl sites for hydroxylation is 1. The topological polar surface area (TPSA) is 13.1 Å². The van der Waals surface area contributed by atoms with Gasteiger partial charge in [0.25, 0.3) is 0 Å². The van der Waals surface area contributed by atoms with Crippen LogP contribution in [-0.2, 0) is 11.8 Å². The highest BCUT2D eigenvalue weighted by Crippen LogP contribution is 2.52. The largest absolute Gasteiger partial charge is 0.456 e. The number of benzene rings is 7. The molecule has 0 spiro atoms. The van der Waals surface area contributed by atoms with Crippen molar-refractivity contribution in [3.8, 4) is 11.1 Å². The molecule has 0 radical (unpaired) electrons. The zero-order chi connectivity index (χ0) is 31.0. The van der Waals surface area contributed by atoms with Crippen LogP contribution in [0.2, 0.25) is 0 Å².